The van der Waals surface area contributed by atoms with Crippen LogP contribution in [0.25, 0.3) is 0 Å². The van der Waals surface area contributed by atoms with E-state index in [0.717, 1.165) is 44.7 Å². The zero-order chi connectivity index (χ0) is 18.4. The Kier molecular flexibility index (Phi) is 6.82. The van der Waals surface area contributed by atoms with Crippen molar-refractivity contribution in [1.82, 2.24) is 9.80 Å². The Hall–Kier alpha value is -2.08. The Morgan fingerprint density at radius 1 is 1.12 bits per heavy atom. The van der Waals surface area contributed by atoms with Gasteiger partial charge in [-0.15, -0.1) is 0 Å². The van der Waals surface area contributed by atoms with Crippen LogP contribution in [0, 0.1) is 0 Å². The Balaban J connectivity index is 1.93. The van der Waals surface area contributed by atoms with E-state index in [2.05, 4.69) is 36.0 Å². The average Bonchev–Trinajstić information content (AvgIpc) is 2.63. The molecular weight excluding hydrogens is 316 g/mol. The standard InChI is InChI=1S/C19H30N4O2/c1-5-23(6-2)17-9-7-15(8-10-17)20-18(24)19(25)22(4)16-11-13-21(3)14-12-16/h7-10,16H,5-6,11-14H2,1-4H3,(H,20,24). The highest BCUT2D eigenvalue weighted by Gasteiger charge is 2.27. The van der Waals surface area contributed by atoms with Crippen LogP contribution in [0.15, 0.2) is 24.3 Å². The molecule has 1 saturated heterocycles. The second-order valence-electron chi connectivity index (χ2n) is 6.62. The predicted molar refractivity (Wildman–Crippen MR) is 102 cm³/mol. The lowest BCUT2D eigenvalue weighted by Crippen LogP contribution is -2.47. The van der Waals surface area contributed by atoms with Crippen molar-refractivity contribution in [2.24, 2.45) is 0 Å². The molecule has 1 aromatic rings. The van der Waals surface area contributed by atoms with Gasteiger partial charge in [0.1, 0.15) is 0 Å². The molecule has 1 aromatic carbocycles. The van der Waals surface area contributed by atoms with Crippen molar-refractivity contribution in [2.75, 3.05) is 50.5 Å². The van der Waals surface area contributed by atoms with Gasteiger partial charge in [-0.05, 0) is 71.1 Å². The highest BCUT2D eigenvalue weighted by Crippen LogP contribution is 2.18. The van der Waals surface area contributed by atoms with Crippen molar-refractivity contribution < 1.29 is 9.59 Å². The third-order valence-electron chi connectivity index (χ3n) is 5.00. The van der Waals surface area contributed by atoms with Gasteiger partial charge in [-0.3, -0.25) is 9.59 Å². The summed E-state index contributed by atoms with van der Waals surface area (Å²) in [7, 11) is 3.80. The van der Waals surface area contributed by atoms with Crippen LogP contribution in [-0.4, -0.2) is 67.9 Å². The monoisotopic (exact) mass is 346 g/mol. The number of nitrogens with zero attached hydrogens (tertiary/aromatic N) is 3. The van der Waals surface area contributed by atoms with Crippen molar-refractivity contribution in [3.63, 3.8) is 0 Å². The van der Waals surface area contributed by atoms with Crippen LogP contribution in [-0.2, 0) is 9.59 Å². The topological polar surface area (TPSA) is 55.9 Å². The minimum Gasteiger partial charge on any atom is -0.372 e. The molecule has 1 aliphatic rings. The fourth-order valence-electron chi connectivity index (χ4n) is 3.24. The number of carbonyl (C=O) groups is 2. The smallest absolute Gasteiger partial charge is 0.313 e. The molecule has 0 radical (unpaired) electrons. The summed E-state index contributed by atoms with van der Waals surface area (Å²) in [5, 5.41) is 2.71. The number of piperidine rings is 1. The molecule has 1 aliphatic heterocycles. The number of likely N-dealkylation sites (tertiary alicyclic amines) is 1. The van der Waals surface area contributed by atoms with E-state index in [-0.39, 0.29) is 6.04 Å². The summed E-state index contributed by atoms with van der Waals surface area (Å²) in [5.74, 6) is -1.04. The molecule has 0 atom stereocenters. The number of amides is 2. The summed E-state index contributed by atoms with van der Waals surface area (Å²) in [4.78, 5) is 30.7. The Labute approximate surface area is 150 Å². The molecule has 6 nitrogen and oxygen atoms in total. The minimum absolute atomic E-state index is 0.138. The maximum Gasteiger partial charge on any atom is 0.313 e. The maximum atomic E-state index is 12.4. The normalized spacial score (nSPS) is 15.7. The summed E-state index contributed by atoms with van der Waals surface area (Å²) in [6.07, 6.45) is 1.81. The molecule has 2 amide bonds. The van der Waals surface area contributed by atoms with E-state index < -0.39 is 11.8 Å². The lowest BCUT2D eigenvalue weighted by atomic mass is 10.0. The number of anilines is 2. The van der Waals surface area contributed by atoms with Gasteiger partial charge in [-0.1, -0.05) is 0 Å². The maximum absolute atomic E-state index is 12.4. The van der Waals surface area contributed by atoms with Crippen molar-refractivity contribution in [1.29, 1.82) is 0 Å². The fourth-order valence-corrected chi connectivity index (χ4v) is 3.24. The molecule has 0 unspecified atom stereocenters. The highest BCUT2D eigenvalue weighted by atomic mass is 16.2. The molecule has 0 saturated carbocycles. The number of benzene rings is 1. The Bertz CT molecular complexity index is 576. The number of likely N-dealkylation sites (N-methyl/N-ethyl adjacent to an activating group) is 1. The predicted octanol–water partition coefficient (Wildman–Crippen LogP) is 2.02. The highest BCUT2D eigenvalue weighted by molar-refractivity contribution is 6.39. The summed E-state index contributed by atoms with van der Waals surface area (Å²) >= 11 is 0. The second kappa shape index (κ2) is 8.85. The molecule has 0 bridgehead atoms. The van der Waals surface area contributed by atoms with Crippen molar-refractivity contribution in [3.8, 4) is 0 Å². The third-order valence-corrected chi connectivity index (χ3v) is 5.00. The molecular formula is C19H30N4O2. The number of rotatable bonds is 5. The zero-order valence-electron chi connectivity index (χ0n) is 15.8. The molecule has 25 heavy (non-hydrogen) atoms. The second-order valence-corrected chi connectivity index (χ2v) is 6.62. The zero-order valence-corrected chi connectivity index (χ0v) is 15.8. The van der Waals surface area contributed by atoms with Crippen LogP contribution in [0.1, 0.15) is 26.7 Å². The molecule has 138 valence electrons. The summed E-state index contributed by atoms with van der Waals surface area (Å²) in [6, 6.07) is 7.75. The van der Waals surface area contributed by atoms with Crippen LogP contribution in [0.5, 0.6) is 0 Å². The lowest BCUT2D eigenvalue weighted by molar-refractivity contribution is -0.144. The van der Waals surface area contributed by atoms with Gasteiger partial charge in [-0.25, -0.2) is 0 Å². The van der Waals surface area contributed by atoms with E-state index in [1.807, 2.05) is 24.3 Å². The van der Waals surface area contributed by atoms with Crippen molar-refractivity contribution in [3.05, 3.63) is 24.3 Å². The van der Waals surface area contributed by atoms with E-state index in [4.69, 9.17) is 0 Å². The van der Waals surface area contributed by atoms with Gasteiger partial charge in [0.05, 0.1) is 0 Å². The first-order valence-corrected chi connectivity index (χ1v) is 9.08. The van der Waals surface area contributed by atoms with Gasteiger partial charge < -0.3 is 20.0 Å². The van der Waals surface area contributed by atoms with E-state index in [0.29, 0.717) is 5.69 Å². The molecule has 1 N–H and O–H groups in total. The Morgan fingerprint density at radius 2 is 1.68 bits per heavy atom. The van der Waals surface area contributed by atoms with Gasteiger partial charge in [-0.2, -0.15) is 0 Å². The van der Waals surface area contributed by atoms with Crippen molar-refractivity contribution in [2.45, 2.75) is 32.7 Å². The van der Waals surface area contributed by atoms with Crippen LogP contribution >= 0.6 is 0 Å². The molecule has 1 fully saturated rings. The SMILES string of the molecule is CCN(CC)c1ccc(NC(=O)C(=O)N(C)C2CCN(C)CC2)cc1. The average molecular weight is 346 g/mol. The number of carbonyl (C=O) groups excluding carboxylic acids is 2. The molecule has 0 aromatic heterocycles. The first-order chi connectivity index (χ1) is 12.0. The van der Waals surface area contributed by atoms with Gasteiger partial charge in [0.25, 0.3) is 0 Å². The van der Waals surface area contributed by atoms with E-state index in [9.17, 15) is 9.59 Å². The van der Waals surface area contributed by atoms with E-state index >= 15 is 0 Å². The van der Waals surface area contributed by atoms with Crippen LogP contribution < -0.4 is 10.2 Å². The van der Waals surface area contributed by atoms with Gasteiger partial charge in [0.15, 0.2) is 0 Å². The lowest BCUT2D eigenvalue weighted by Gasteiger charge is -2.34. The van der Waals surface area contributed by atoms with Gasteiger partial charge >= 0.3 is 11.8 Å². The molecule has 6 heteroatoms. The largest absolute Gasteiger partial charge is 0.372 e. The minimum atomic E-state index is -0.572. The van der Waals surface area contributed by atoms with E-state index in [1.54, 1.807) is 11.9 Å². The number of hydrogen-bond acceptors (Lipinski definition) is 4. The molecule has 0 aliphatic carbocycles. The summed E-state index contributed by atoms with van der Waals surface area (Å²) in [6.45, 7) is 7.99. The van der Waals surface area contributed by atoms with Gasteiger partial charge in [0.2, 0.25) is 0 Å². The molecule has 2 rings (SSSR count). The summed E-state index contributed by atoms with van der Waals surface area (Å²) in [5.41, 5.74) is 1.75. The fraction of sp³-hybridized carbons (Fsp3) is 0.579. The van der Waals surface area contributed by atoms with Crippen LogP contribution in [0.4, 0.5) is 11.4 Å². The Morgan fingerprint density at radius 3 is 2.20 bits per heavy atom. The van der Waals surface area contributed by atoms with Gasteiger partial charge in [0, 0.05) is 37.6 Å². The molecule has 0 spiro atoms. The van der Waals surface area contributed by atoms with Crippen molar-refractivity contribution >= 4 is 23.2 Å². The van der Waals surface area contributed by atoms with Crippen LogP contribution in [0.3, 0.4) is 0 Å². The van der Waals surface area contributed by atoms with E-state index in [1.165, 1.54) is 0 Å². The number of hydrogen-bond donors (Lipinski definition) is 1. The van der Waals surface area contributed by atoms with Crippen LogP contribution in [0.2, 0.25) is 0 Å². The summed E-state index contributed by atoms with van der Waals surface area (Å²) < 4.78 is 0. The quantitative estimate of drug-likeness (QED) is 0.829. The first kappa shape index (κ1) is 19.2. The molecule has 1 heterocycles. The first-order valence-electron chi connectivity index (χ1n) is 9.08. The third kappa shape index (κ3) is 4.95. The number of nitrogens with one attached hydrogen (secondary N) is 1.